The first-order chi connectivity index (χ1) is 6.38. The molecule has 2 N–H and O–H groups in total. The lowest BCUT2D eigenvalue weighted by atomic mass is 10.2. The normalized spacial score (nSPS) is 13.2. The van der Waals surface area contributed by atoms with Gasteiger partial charge in [0.05, 0.1) is 0 Å². The molecule has 0 heterocycles. The van der Waals surface area contributed by atoms with Crippen LogP contribution in [0.3, 0.4) is 0 Å². The van der Waals surface area contributed by atoms with Crippen LogP contribution in [0.15, 0.2) is 23.4 Å². The van der Waals surface area contributed by atoms with Crippen LogP contribution in [0.4, 0.5) is 13.2 Å². The van der Waals surface area contributed by atoms with Crippen molar-refractivity contribution in [1.29, 1.82) is 0 Å². The van der Waals surface area contributed by atoms with Crippen molar-refractivity contribution in [2.24, 2.45) is 5.73 Å². The first kappa shape index (κ1) is 15.2. The highest BCUT2D eigenvalue weighted by Crippen LogP contribution is 2.24. The molecule has 5 heteroatoms. The summed E-state index contributed by atoms with van der Waals surface area (Å²) in [5.41, 5.74) is 5.12. The van der Waals surface area contributed by atoms with Gasteiger partial charge >= 0.3 is 6.18 Å². The molecule has 0 bridgehead atoms. The predicted molar refractivity (Wildman–Crippen MR) is 49.5 cm³/mol. The predicted octanol–water partition coefficient (Wildman–Crippen LogP) is 2.56. The topological polar surface area (TPSA) is 43.1 Å². The van der Waals surface area contributed by atoms with Gasteiger partial charge in [-0.2, -0.15) is 13.2 Å². The highest BCUT2D eigenvalue weighted by Gasteiger charge is 2.29. The van der Waals surface area contributed by atoms with Crippen molar-refractivity contribution in [2.75, 3.05) is 0 Å². The SMILES string of the molecule is C=O.CC/C(N)=C\C=C(/C)C(F)(F)F. The first-order valence-electron chi connectivity index (χ1n) is 3.87. The van der Waals surface area contributed by atoms with Gasteiger partial charge in [0.2, 0.25) is 0 Å². The van der Waals surface area contributed by atoms with Crippen molar-refractivity contribution < 1.29 is 18.0 Å². The molecular weight excluding hydrogens is 195 g/mol. The number of carbonyl (C=O) groups is 1. The first-order valence-corrected chi connectivity index (χ1v) is 3.87. The summed E-state index contributed by atoms with van der Waals surface area (Å²) in [5.74, 6) is 0. The fraction of sp³-hybridized carbons (Fsp3) is 0.444. The Kier molecular flexibility index (Phi) is 7.80. The zero-order valence-electron chi connectivity index (χ0n) is 8.19. The lowest BCUT2D eigenvalue weighted by Gasteiger charge is -2.04. The summed E-state index contributed by atoms with van der Waals surface area (Å²) in [7, 11) is 0. The number of halogens is 3. The molecule has 0 fully saturated rings. The minimum Gasteiger partial charge on any atom is -0.402 e. The van der Waals surface area contributed by atoms with E-state index in [9.17, 15) is 13.2 Å². The van der Waals surface area contributed by atoms with Crippen molar-refractivity contribution >= 4 is 6.79 Å². The van der Waals surface area contributed by atoms with E-state index in [2.05, 4.69) is 0 Å². The fourth-order valence-corrected chi connectivity index (χ4v) is 0.444. The third kappa shape index (κ3) is 7.39. The van der Waals surface area contributed by atoms with Crippen LogP contribution in [0.25, 0.3) is 0 Å². The molecule has 0 aliphatic carbocycles. The van der Waals surface area contributed by atoms with Gasteiger partial charge in [0.25, 0.3) is 0 Å². The molecule has 0 unspecified atom stereocenters. The number of alkyl halides is 3. The van der Waals surface area contributed by atoms with Crippen molar-refractivity contribution in [3.05, 3.63) is 23.4 Å². The summed E-state index contributed by atoms with van der Waals surface area (Å²) in [5, 5.41) is 0. The summed E-state index contributed by atoms with van der Waals surface area (Å²) < 4.78 is 35.6. The van der Waals surface area contributed by atoms with Crippen LogP contribution in [-0.2, 0) is 4.79 Å². The van der Waals surface area contributed by atoms with Crippen molar-refractivity contribution in [2.45, 2.75) is 26.4 Å². The molecule has 0 aromatic rings. The quantitative estimate of drug-likeness (QED) is 0.710. The third-order valence-electron chi connectivity index (χ3n) is 1.40. The van der Waals surface area contributed by atoms with E-state index in [1.54, 1.807) is 6.92 Å². The fourth-order valence-electron chi connectivity index (χ4n) is 0.444. The molecule has 0 aromatic carbocycles. The van der Waals surface area contributed by atoms with Crippen LogP contribution < -0.4 is 5.73 Å². The highest BCUT2D eigenvalue weighted by atomic mass is 19.4. The molecule has 0 aliphatic rings. The minimum atomic E-state index is -4.25. The Balaban J connectivity index is 0. The maximum atomic E-state index is 11.9. The Morgan fingerprint density at radius 3 is 2.07 bits per heavy atom. The number of hydrogen-bond acceptors (Lipinski definition) is 2. The second kappa shape index (κ2) is 7.17. The van der Waals surface area contributed by atoms with E-state index in [0.29, 0.717) is 12.1 Å². The van der Waals surface area contributed by atoms with Gasteiger partial charge in [0.1, 0.15) is 6.79 Å². The summed E-state index contributed by atoms with van der Waals surface area (Å²) in [6.45, 7) is 4.79. The molecule has 0 atom stereocenters. The summed E-state index contributed by atoms with van der Waals surface area (Å²) in [6.07, 6.45) is -1.42. The average molecular weight is 209 g/mol. The maximum absolute atomic E-state index is 11.9. The van der Waals surface area contributed by atoms with Crippen LogP contribution in [0.2, 0.25) is 0 Å². The molecule has 0 aliphatic heterocycles. The Hall–Kier alpha value is -1.26. The lowest BCUT2D eigenvalue weighted by Crippen LogP contribution is -2.08. The van der Waals surface area contributed by atoms with E-state index in [0.717, 1.165) is 13.0 Å². The zero-order chi connectivity index (χ0) is 11.8. The molecule has 0 spiro atoms. The number of allylic oxidation sites excluding steroid dienone is 4. The molecule has 0 saturated carbocycles. The standard InChI is InChI=1S/C8H12F3N.CH2O/c1-3-7(12)5-4-6(2)8(9,10)11;1-2/h4-5H,3,12H2,1-2H3;1H2/b6-4+,7-5+;. The van der Waals surface area contributed by atoms with E-state index >= 15 is 0 Å². The maximum Gasteiger partial charge on any atom is 0.412 e. The Morgan fingerprint density at radius 2 is 1.79 bits per heavy atom. The van der Waals surface area contributed by atoms with Crippen LogP contribution in [0.1, 0.15) is 20.3 Å². The molecule has 2 nitrogen and oxygen atoms in total. The second-order valence-electron chi connectivity index (χ2n) is 2.44. The summed E-state index contributed by atoms with van der Waals surface area (Å²) in [6, 6.07) is 0. The summed E-state index contributed by atoms with van der Waals surface area (Å²) >= 11 is 0. The Labute approximate surface area is 81.3 Å². The van der Waals surface area contributed by atoms with Crippen molar-refractivity contribution in [3.8, 4) is 0 Å². The molecule has 82 valence electrons. The molecule has 0 saturated heterocycles. The van der Waals surface area contributed by atoms with Crippen LogP contribution in [0, 0.1) is 0 Å². The van der Waals surface area contributed by atoms with E-state index in [1.807, 2.05) is 6.79 Å². The molecule has 0 aromatic heterocycles. The number of hydrogen-bond donors (Lipinski definition) is 1. The van der Waals surface area contributed by atoms with Crippen molar-refractivity contribution in [3.63, 3.8) is 0 Å². The zero-order valence-corrected chi connectivity index (χ0v) is 8.19. The van der Waals surface area contributed by atoms with Gasteiger partial charge < -0.3 is 10.5 Å². The number of rotatable bonds is 2. The highest BCUT2D eigenvalue weighted by molar-refractivity contribution is 5.17. The Morgan fingerprint density at radius 1 is 1.36 bits per heavy atom. The molecule has 0 radical (unpaired) electrons. The monoisotopic (exact) mass is 209 g/mol. The number of carbonyl (C=O) groups excluding carboxylic acids is 1. The van der Waals surface area contributed by atoms with E-state index in [-0.39, 0.29) is 0 Å². The van der Waals surface area contributed by atoms with Gasteiger partial charge in [-0.05, 0) is 19.4 Å². The summed E-state index contributed by atoms with van der Waals surface area (Å²) in [4.78, 5) is 8.00. The van der Waals surface area contributed by atoms with Gasteiger partial charge in [-0.3, -0.25) is 0 Å². The Bertz CT molecular complexity index is 219. The van der Waals surface area contributed by atoms with E-state index in [1.165, 1.54) is 6.08 Å². The molecule has 0 amide bonds. The molecular formula is C9H14F3NO. The number of nitrogens with two attached hydrogens (primary N) is 1. The largest absolute Gasteiger partial charge is 0.412 e. The molecule has 14 heavy (non-hydrogen) atoms. The van der Waals surface area contributed by atoms with Crippen LogP contribution in [0.5, 0.6) is 0 Å². The lowest BCUT2D eigenvalue weighted by molar-refractivity contribution is -0.0980. The van der Waals surface area contributed by atoms with E-state index < -0.39 is 11.7 Å². The average Bonchev–Trinajstić information content (AvgIpc) is 2.15. The van der Waals surface area contributed by atoms with E-state index in [4.69, 9.17) is 10.5 Å². The van der Waals surface area contributed by atoms with Gasteiger partial charge in [0.15, 0.2) is 0 Å². The van der Waals surface area contributed by atoms with Crippen LogP contribution >= 0.6 is 0 Å². The second-order valence-corrected chi connectivity index (χ2v) is 2.44. The third-order valence-corrected chi connectivity index (χ3v) is 1.40. The van der Waals surface area contributed by atoms with Crippen molar-refractivity contribution in [1.82, 2.24) is 0 Å². The smallest absolute Gasteiger partial charge is 0.402 e. The minimum absolute atomic E-state index is 0.443. The van der Waals surface area contributed by atoms with Crippen LogP contribution in [-0.4, -0.2) is 13.0 Å². The van der Waals surface area contributed by atoms with Gasteiger partial charge in [-0.25, -0.2) is 0 Å². The van der Waals surface area contributed by atoms with Gasteiger partial charge in [-0.15, -0.1) is 0 Å². The molecule has 0 rings (SSSR count). The van der Waals surface area contributed by atoms with Gasteiger partial charge in [-0.1, -0.05) is 13.0 Å². The van der Waals surface area contributed by atoms with Gasteiger partial charge in [0, 0.05) is 11.3 Å².